The van der Waals surface area contributed by atoms with Gasteiger partial charge in [-0.05, 0) is 12.8 Å². The van der Waals surface area contributed by atoms with E-state index in [1.54, 1.807) is 0 Å². The van der Waals surface area contributed by atoms with Gasteiger partial charge in [0.05, 0.1) is 0 Å². The van der Waals surface area contributed by atoms with Gasteiger partial charge < -0.3 is 5.73 Å². The van der Waals surface area contributed by atoms with E-state index < -0.39 is 0 Å². The van der Waals surface area contributed by atoms with Gasteiger partial charge in [-0.3, -0.25) is 0 Å². The van der Waals surface area contributed by atoms with Crippen LogP contribution in [-0.4, -0.2) is 5.54 Å². The molecule has 0 aromatic heterocycles. The summed E-state index contributed by atoms with van der Waals surface area (Å²) in [5.74, 6) is 0.461. The van der Waals surface area contributed by atoms with Crippen LogP contribution in [0.15, 0.2) is 24.3 Å². The molecule has 2 atom stereocenters. The van der Waals surface area contributed by atoms with E-state index in [4.69, 9.17) is 5.73 Å². The standard InChI is InChI=1S/C8H13N/c1-7-5-3-4-6-8(7,2)9/h3-7H,9H2,1-2H3. The van der Waals surface area contributed by atoms with Crippen molar-refractivity contribution in [2.75, 3.05) is 0 Å². The Morgan fingerprint density at radius 3 is 2.44 bits per heavy atom. The molecule has 0 aromatic carbocycles. The van der Waals surface area contributed by atoms with E-state index in [-0.39, 0.29) is 5.54 Å². The summed E-state index contributed by atoms with van der Waals surface area (Å²) in [7, 11) is 0. The van der Waals surface area contributed by atoms with Crippen LogP contribution in [0.1, 0.15) is 13.8 Å². The number of hydrogen-bond acceptors (Lipinski definition) is 1. The van der Waals surface area contributed by atoms with Gasteiger partial charge in [-0.25, -0.2) is 0 Å². The van der Waals surface area contributed by atoms with Crippen molar-refractivity contribution in [3.05, 3.63) is 24.3 Å². The van der Waals surface area contributed by atoms with E-state index in [2.05, 4.69) is 13.0 Å². The van der Waals surface area contributed by atoms with Crippen molar-refractivity contribution in [3.63, 3.8) is 0 Å². The van der Waals surface area contributed by atoms with Crippen molar-refractivity contribution < 1.29 is 0 Å². The quantitative estimate of drug-likeness (QED) is 0.518. The van der Waals surface area contributed by atoms with Crippen molar-refractivity contribution in [2.45, 2.75) is 19.4 Å². The van der Waals surface area contributed by atoms with Gasteiger partial charge in [0, 0.05) is 5.54 Å². The number of hydrogen-bond donors (Lipinski definition) is 1. The average Bonchev–Trinajstić information content (AvgIpc) is 1.77. The van der Waals surface area contributed by atoms with E-state index >= 15 is 0 Å². The summed E-state index contributed by atoms with van der Waals surface area (Å²) >= 11 is 0. The van der Waals surface area contributed by atoms with E-state index in [9.17, 15) is 0 Å². The third kappa shape index (κ3) is 1.22. The lowest BCUT2D eigenvalue weighted by atomic mass is 9.85. The summed E-state index contributed by atoms with van der Waals surface area (Å²) in [6.45, 7) is 4.16. The van der Waals surface area contributed by atoms with Crippen LogP contribution in [0.25, 0.3) is 0 Å². The molecule has 0 aliphatic heterocycles. The second-order valence-corrected chi connectivity index (χ2v) is 2.90. The predicted octanol–water partition coefficient (Wildman–Crippen LogP) is 1.47. The molecule has 0 spiro atoms. The van der Waals surface area contributed by atoms with Crippen LogP contribution in [0.4, 0.5) is 0 Å². The van der Waals surface area contributed by atoms with Gasteiger partial charge in [0.2, 0.25) is 0 Å². The van der Waals surface area contributed by atoms with Crippen molar-refractivity contribution in [2.24, 2.45) is 11.7 Å². The Labute approximate surface area is 56.2 Å². The molecular weight excluding hydrogens is 110 g/mol. The van der Waals surface area contributed by atoms with Gasteiger partial charge in [-0.1, -0.05) is 31.2 Å². The highest BCUT2D eigenvalue weighted by atomic mass is 14.7. The number of allylic oxidation sites excluding steroid dienone is 2. The highest BCUT2D eigenvalue weighted by Gasteiger charge is 2.21. The molecule has 0 aromatic rings. The minimum Gasteiger partial charge on any atom is -0.322 e. The van der Waals surface area contributed by atoms with Gasteiger partial charge in [-0.15, -0.1) is 0 Å². The lowest BCUT2D eigenvalue weighted by Crippen LogP contribution is -2.40. The SMILES string of the molecule is CC1C=CC=CC1(C)N. The number of rotatable bonds is 0. The fourth-order valence-corrected chi connectivity index (χ4v) is 0.853. The summed E-state index contributed by atoms with van der Waals surface area (Å²) < 4.78 is 0. The zero-order chi connectivity index (χ0) is 6.91. The fourth-order valence-electron chi connectivity index (χ4n) is 0.853. The second-order valence-electron chi connectivity index (χ2n) is 2.90. The van der Waals surface area contributed by atoms with E-state index in [1.165, 1.54) is 0 Å². The van der Waals surface area contributed by atoms with Crippen molar-refractivity contribution in [1.82, 2.24) is 0 Å². The van der Waals surface area contributed by atoms with Gasteiger partial charge in [-0.2, -0.15) is 0 Å². The minimum atomic E-state index is -0.130. The summed E-state index contributed by atoms with van der Waals surface area (Å²) in [5, 5.41) is 0. The molecule has 0 bridgehead atoms. The molecule has 1 aliphatic rings. The Kier molecular flexibility index (Phi) is 1.45. The van der Waals surface area contributed by atoms with Gasteiger partial charge in [0.15, 0.2) is 0 Å². The monoisotopic (exact) mass is 123 g/mol. The Morgan fingerprint density at radius 2 is 2.11 bits per heavy atom. The first-order chi connectivity index (χ1) is 4.13. The minimum absolute atomic E-state index is 0.130. The van der Waals surface area contributed by atoms with Gasteiger partial charge in [0.25, 0.3) is 0 Å². The molecule has 9 heavy (non-hydrogen) atoms. The largest absolute Gasteiger partial charge is 0.322 e. The van der Waals surface area contributed by atoms with Crippen LogP contribution < -0.4 is 5.73 Å². The molecule has 1 heteroatoms. The van der Waals surface area contributed by atoms with Crippen LogP contribution in [0.2, 0.25) is 0 Å². The first kappa shape index (κ1) is 6.56. The Balaban J connectivity index is 2.78. The highest BCUT2D eigenvalue weighted by molar-refractivity contribution is 5.21. The Morgan fingerprint density at radius 1 is 1.44 bits per heavy atom. The molecule has 0 fully saturated rings. The molecule has 1 nitrogen and oxygen atoms in total. The molecule has 2 N–H and O–H groups in total. The fraction of sp³-hybridized carbons (Fsp3) is 0.500. The maximum Gasteiger partial charge on any atom is 0.0374 e. The summed E-state index contributed by atoms with van der Waals surface area (Å²) in [5.41, 5.74) is 5.75. The molecule has 50 valence electrons. The van der Waals surface area contributed by atoms with Crippen LogP contribution in [0.5, 0.6) is 0 Å². The lowest BCUT2D eigenvalue weighted by molar-refractivity contribution is 0.455. The molecule has 0 amide bonds. The third-order valence-electron chi connectivity index (χ3n) is 1.95. The summed E-state index contributed by atoms with van der Waals surface area (Å²) in [4.78, 5) is 0. The number of nitrogens with two attached hydrogens (primary N) is 1. The van der Waals surface area contributed by atoms with Crippen molar-refractivity contribution in [3.8, 4) is 0 Å². The van der Waals surface area contributed by atoms with E-state index in [0.717, 1.165) is 0 Å². The third-order valence-corrected chi connectivity index (χ3v) is 1.95. The Bertz CT molecular complexity index is 154. The van der Waals surface area contributed by atoms with Crippen molar-refractivity contribution in [1.29, 1.82) is 0 Å². The van der Waals surface area contributed by atoms with Gasteiger partial charge >= 0.3 is 0 Å². The molecule has 0 heterocycles. The zero-order valence-electron chi connectivity index (χ0n) is 5.96. The van der Waals surface area contributed by atoms with Crippen LogP contribution in [0, 0.1) is 5.92 Å². The van der Waals surface area contributed by atoms with Crippen molar-refractivity contribution >= 4 is 0 Å². The molecule has 0 saturated carbocycles. The first-order valence-electron chi connectivity index (χ1n) is 3.28. The molecule has 2 unspecified atom stereocenters. The predicted molar refractivity (Wildman–Crippen MR) is 40.0 cm³/mol. The average molecular weight is 123 g/mol. The smallest absolute Gasteiger partial charge is 0.0374 e. The van der Waals surface area contributed by atoms with Crippen LogP contribution >= 0.6 is 0 Å². The topological polar surface area (TPSA) is 26.0 Å². The zero-order valence-corrected chi connectivity index (χ0v) is 5.96. The van der Waals surface area contributed by atoms with Crippen LogP contribution in [0.3, 0.4) is 0 Å². The normalized spacial score (nSPS) is 41.4. The summed E-state index contributed by atoms with van der Waals surface area (Å²) in [6, 6.07) is 0. The summed E-state index contributed by atoms with van der Waals surface area (Å²) in [6.07, 6.45) is 8.21. The molecule has 0 saturated heterocycles. The molecule has 1 rings (SSSR count). The maximum absolute atomic E-state index is 5.88. The van der Waals surface area contributed by atoms with E-state index in [0.29, 0.717) is 5.92 Å². The van der Waals surface area contributed by atoms with Crippen LogP contribution in [-0.2, 0) is 0 Å². The van der Waals surface area contributed by atoms with Gasteiger partial charge in [0.1, 0.15) is 0 Å². The lowest BCUT2D eigenvalue weighted by Gasteiger charge is -2.27. The highest BCUT2D eigenvalue weighted by Crippen LogP contribution is 2.19. The maximum atomic E-state index is 5.88. The molecular formula is C8H13N. The second kappa shape index (κ2) is 1.99. The Hall–Kier alpha value is -0.560. The van der Waals surface area contributed by atoms with E-state index in [1.807, 2.05) is 25.2 Å². The first-order valence-corrected chi connectivity index (χ1v) is 3.28. The molecule has 1 aliphatic carbocycles. The molecule has 0 radical (unpaired) electrons.